The molecular weight excluding hydrogens is 310 g/mol. The maximum Gasteiger partial charge on any atom is 0.326 e. The maximum absolute atomic E-state index is 12.7. The van der Waals surface area contributed by atoms with Gasteiger partial charge in [0.15, 0.2) is 0 Å². The number of aryl methyl sites for hydroxylation is 1. The van der Waals surface area contributed by atoms with Gasteiger partial charge in [-0.2, -0.15) is 0 Å². The van der Waals surface area contributed by atoms with E-state index in [-0.39, 0.29) is 10.8 Å². The lowest BCUT2D eigenvalue weighted by Gasteiger charge is -2.22. The van der Waals surface area contributed by atoms with Crippen LogP contribution in [-0.2, 0) is 19.6 Å². The Morgan fingerprint density at radius 2 is 2.05 bits per heavy atom. The van der Waals surface area contributed by atoms with E-state index in [0.717, 1.165) is 21.2 Å². The van der Waals surface area contributed by atoms with Crippen molar-refractivity contribution in [3.05, 3.63) is 47.3 Å². The molecule has 0 saturated carbocycles. The number of hydrogen-bond acceptors (Lipinski definition) is 5. The summed E-state index contributed by atoms with van der Waals surface area (Å²) in [5.74, 6) is -0.614. The van der Waals surface area contributed by atoms with Gasteiger partial charge in [-0.1, -0.05) is 18.2 Å². The smallest absolute Gasteiger partial charge is 0.326 e. The zero-order valence-corrected chi connectivity index (χ0v) is 13.3. The summed E-state index contributed by atoms with van der Waals surface area (Å²) in [6, 6.07) is 10.1. The Kier molecular flexibility index (Phi) is 4.64. The second-order valence-corrected chi connectivity index (χ2v) is 7.40. The highest BCUT2D eigenvalue weighted by Crippen LogP contribution is 2.27. The minimum absolute atomic E-state index is 0.188. The Labute approximate surface area is 127 Å². The van der Waals surface area contributed by atoms with Gasteiger partial charge in [-0.25, -0.2) is 8.42 Å². The molecule has 1 heterocycles. The lowest BCUT2D eigenvalue weighted by molar-refractivity contribution is -0.138. The molecule has 0 saturated heterocycles. The SMILES string of the molecule is COC(=O)CN(c1cccc(C)c1)S(=O)(=O)c1cccs1. The first-order valence-corrected chi connectivity index (χ1v) is 8.47. The number of anilines is 1. The number of carbonyl (C=O) groups excluding carboxylic acids is 1. The number of hydrogen-bond donors (Lipinski definition) is 0. The fourth-order valence-electron chi connectivity index (χ4n) is 1.80. The van der Waals surface area contributed by atoms with Crippen molar-refractivity contribution in [3.8, 4) is 0 Å². The quantitative estimate of drug-likeness (QED) is 0.792. The van der Waals surface area contributed by atoms with Gasteiger partial charge in [-0.05, 0) is 36.1 Å². The van der Waals surface area contributed by atoms with Gasteiger partial charge in [0.25, 0.3) is 10.0 Å². The van der Waals surface area contributed by atoms with Crippen molar-refractivity contribution in [2.75, 3.05) is 18.0 Å². The van der Waals surface area contributed by atoms with E-state index < -0.39 is 16.0 Å². The molecule has 1 aromatic carbocycles. The zero-order valence-electron chi connectivity index (χ0n) is 11.6. The van der Waals surface area contributed by atoms with Gasteiger partial charge in [0, 0.05) is 0 Å². The van der Waals surface area contributed by atoms with Gasteiger partial charge < -0.3 is 4.74 Å². The summed E-state index contributed by atoms with van der Waals surface area (Å²) in [5.41, 5.74) is 1.34. The van der Waals surface area contributed by atoms with E-state index in [1.807, 2.05) is 13.0 Å². The van der Waals surface area contributed by atoms with Crippen LogP contribution in [0.2, 0.25) is 0 Å². The lowest BCUT2D eigenvalue weighted by atomic mass is 10.2. The van der Waals surface area contributed by atoms with E-state index in [0.29, 0.717) is 5.69 Å². The average molecular weight is 325 g/mol. The molecule has 7 heteroatoms. The molecule has 0 atom stereocenters. The van der Waals surface area contributed by atoms with Gasteiger partial charge in [-0.15, -0.1) is 11.3 Å². The number of thiophene rings is 1. The molecular formula is C14H15NO4S2. The third kappa shape index (κ3) is 3.43. The molecule has 0 radical (unpaired) electrons. The Balaban J connectivity index is 2.49. The second kappa shape index (κ2) is 6.28. The fraction of sp³-hybridized carbons (Fsp3) is 0.214. The highest BCUT2D eigenvalue weighted by atomic mass is 32.2. The molecule has 0 bridgehead atoms. The second-order valence-electron chi connectivity index (χ2n) is 4.36. The van der Waals surface area contributed by atoms with Crippen molar-refractivity contribution in [1.29, 1.82) is 0 Å². The van der Waals surface area contributed by atoms with Crippen LogP contribution in [0.4, 0.5) is 5.69 Å². The summed E-state index contributed by atoms with van der Waals surface area (Å²) in [6.45, 7) is 1.50. The van der Waals surface area contributed by atoms with Crippen LogP contribution in [0.15, 0.2) is 46.0 Å². The van der Waals surface area contributed by atoms with Crippen molar-refractivity contribution in [1.82, 2.24) is 0 Å². The van der Waals surface area contributed by atoms with Crippen LogP contribution in [0, 0.1) is 6.92 Å². The van der Waals surface area contributed by atoms with Crippen molar-refractivity contribution in [3.63, 3.8) is 0 Å². The van der Waals surface area contributed by atoms with E-state index in [4.69, 9.17) is 0 Å². The molecule has 0 spiro atoms. The minimum Gasteiger partial charge on any atom is -0.468 e. The van der Waals surface area contributed by atoms with Crippen LogP contribution in [0.1, 0.15) is 5.56 Å². The van der Waals surface area contributed by atoms with Gasteiger partial charge >= 0.3 is 5.97 Å². The number of ether oxygens (including phenoxy) is 1. The molecule has 0 unspecified atom stereocenters. The van der Waals surface area contributed by atoms with E-state index in [9.17, 15) is 13.2 Å². The first-order chi connectivity index (χ1) is 9.95. The standard InChI is InChI=1S/C14H15NO4S2/c1-11-5-3-6-12(9-11)15(10-13(16)19-2)21(17,18)14-7-4-8-20-14/h3-9H,10H2,1-2H3. The number of esters is 1. The van der Waals surface area contributed by atoms with Crippen molar-refractivity contribution < 1.29 is 17.9 Å². The van der Waals surface area contributed by atoms with Gasteiger partial charge in [0.1, 0.15) is 10.8 Å². The van der Waals surface area contributed by atoms with Crippen LogP contribution < -0.4 is 4.31 Å². The topological polar surface area (TPSA) is 63.7 Å². The Morgan fingerprint density at radius 1 is 1.29 bits per heavy atom. The number of sulfonamides is 1. The Morgan fingerprint density at radius 3 is 2.62 bits per heavy atom. The Hall–Kier alpha value is -1.86. The van der Waals surface area contributed by atoms with Crippen molar-refractivity contribution in [2.45, 2.75) is 11.1 Å². The van der Waals surface area contributed by atoms with E-state index in [1.54, 1.807) is 29.6 Å². The average Bonchev–Trinajstić information content (AvgIpc) is 2.99. The van der Waals surface area contributed by atoms with E-state index in [2.05, 4.69) is 4.74 Å². The predicted molar refractivity (Wildman–Crippen MR) is 82.0 cm³/mol. The molecule has 0 fully saturated rings. The third-order valence-electron chi connectivity index (χ3n) is 2.83. The summed E-state index contributed by atoms with van der Waals surface area (Å²) < 4.78 is 31.2. The summed E-state index contributed by atoms with van der Waals surface area (Å²) in [4.78, 5) is 11.6. The lowest BCUT2D eigenvalue weighted by Crippen LogP contribution is -2.36. The van der Waals surface area contributed by atoms with Gasteiger partial charge in [0.2, 0.25) is 0 Å². The number of nitrogens with zero attached hydrogens (tertiary/aromatic N) is 1. The molecule has 21 heavy (non-hydrogen) atoms. The first kappa shape index (κ1) is 15.5. The first-order valence-electron chi connectivity index (χ1n) is 6.15. The van der Waals surface area contributed by atoms with E-state index in [1.165, 1.54) is 13.2 Å². The van der Waals surface area contributed by atoms with Crippen LogP contribution in [0.5, 0.6) is 0 Å². The maximum atomic E-state index is 12.7. The summed E-state index contributed by atoms with van der Waals surface area (Å²) in [5, 5.41) is 1.68. The third-order valence-corrected chi connectivity index (χ3v) is 5.98. The van der Waals surface area contributed by atoms with Crippen LogP contribution in [0.25, 0.3) is 0 Å². The molecule has 2 aromatic rings. The molecule has 0 N–H and O–H groups in total. The van der Waals surface area contributed by atoms with Gasteiger partial charge in [-0.3, -0.25) is 9.10 Å². The van der Waals surface area contributed by atoms with Crippen LogP contribution >= 0.6 is 11.3 Å². The number of methoxy groups -OCH3 is 1. The van der Waals surface area contributed by atoms with Crippen molar-refractivity contribution >= 4 is 33.0 Å². The van der Waals surface area contributed by atoms with Gasteiger partial charge in [0.05, 0.1) is 12.8 Å². The molecule has 0 amide bonds. The molecule has 112 valence electrons. The number of benzene rings is 1. The van der Waals surface area contributed by atoms with E-state index >= 15 is 0 Å². The van der Waals surface area contributed by atoms with Crippen LogP contribution in [0.3, 0.4) is 0 Å². The fourth-order valence-corrected chi connectivity index (χ4v) is 4.30. The molecule has 0 aliphatic rings. The highest BCUT2D eigenvalue weighted by Gasteiger charge is 2.28. The Bertz CT molecular complexity index is 723. The highest BCUT2D eigenvalue weighted by molar-refractivity contribution is 7.94. The molecule has 0 aliphatic heterocycles. The van der Waals surface area contributed by atoms with Crippen LogP contribution in [-0.4, -0.2) is 28.0 Å². The molecule has 2 rings (SSSR count). The largest absolute Gasteiger partial charge is 0.468 e. The van der Waals surface area contributed by atoms with Crippen molar-refractivity contribution in [2.24, 2.45) is 0 Å². The number of rotatable bonds is 5. The number of carbonyl (C=O) groups is 1. The summed E-state index contributed by atoms with van der Waals surface area (Å²) >= 11 is 1.11. The monoisotopic (exact) mass is 325 g/mol. The molecule has 1 aromatic heterocycles. The summed E-state index contributed by atoms with van der Waals surface area (Å²) in [7, 11) is -2.55. The molecule has 0 aliphatic carbocycles. The summed E-state index contributed by atoms with van der Waals surface area (Å²) in [6.07, 6.45) is 0. The predicted octanol–water partition coefficient (Wildman–Crippen LogP) is 2.42. The normalized spacial score (nSPS) is 11.1. The minimum atomic E-state index is -3.78. The molecule has 5 nitrogen and oxygen atoms in total. The zero-order chi connectivity index (χ0) is 15.5.